The number of amides is 1. The number of carbonyl (C=O) groups excluding carboxylic acids is 1. The SMILES string of the molecule is CC(=O)N[C@H]1CCN2CCC[C@H]12. The first-order chi connectivity index (χ1) is 5.77. The topological polar surface area (TPSA) is 32.3 Å². The lowest BCUT2D eigenvalue weighted by atomic mass is 10.1. The fourth-order valence-corrected chi connectivity index (χ4v) is 2.51. The van der Waals surface area contributed by atoms with E-state index in [0.29, 0.717) is 12.1 Å². The van der Waals surface area contributed by atoms with Crippen LogP contribution < -0.4 is 5.32 Å². The van der Waals surface area contributed by atoms with E-state index in [1.165, 1.54) is 25.9 Å². The molecular formula is C9H16N2O. The molecule has 68 valence electrons. The van der Waals surface area contributed by atoms with Crippen molar-refractivity contribution in [3.8, 4) is 0 Å². The monoisotopic (exact) mass is 168 g/mol. The molecule has 3 heteroatoms. The minimum Gasteiger partial charge on any atom is -0.352 e. The van der Waals surface area contributed by atoms with Gasteiger partial charge in [0.15, 0.2) is 0 Å². The summed E-state index contributed by atoms with van der Waals surface area (Å²) >= 11 is 0. The largest absolute Gasteiger partial charge is 0.352 e. The van der Waals surface area contributed by atoms with Gasteiger partial charge in [0.1, 0.15) is 0 Å². The van der Waals surface area contributed by atoms with Crippen molar-refractivity contribution >= 4 is 5.91 Å². The molecule has 0 radical (unpaired) electrons. The molecule has 2 fully saturated rings. The summed E-state index contributed by atoms with van der Waals surface area (Å²) in [6, 6.07) is 1.08. The van der Waals surface area contributed by atoms with Gasteiger partial charge in [-0.2, -0.15) is 0 Å². The number of hydrogen-bond acceptors (Lipinski definition) is 2. The summed E-state index contributed by atoms with van der Waals surface area (Å²) in [5.41, 5.74) is 0. The van der Waals surface area contributed by atoms with Crippen molar-refractivity contribution in [1.82, 2.24) is 10.2 Å². The molecule has 0 saturated carbocycles. The molecule has 0 spiro atoms. The molecule has 2 rings (SSSR count). The highest BCUT2D eigenvalue weighted by Crippen LogP contribution is 2.27. The maximum absolute atomic E-state index is 10.9. The Labute approximate surface area is 73.1 Å². The number of nitrogens with one attached hydrogen (secondary N) is 1. The van der Waals surface area contributed by atoms with Gasteiger partial charge >= 0.3 is 0 Å². The predicted molar refractivity (Wildman–Crippen MR) is 46.8 cm³/mol. The van der Waals surface area contributed by atoms with E-state index in [0.717, 1.165) is 6.42 Å². The standard InChI is InChI=1S/C9H16N2O/c1-7(12)10-8-4-6-11-5-2-3-9(8)11/h8-9H,2-6H2,1H3,(H,10,12)/t8-,9+/m0/s1. The van der Waals surface area contributed by atoms with Crippen LogP contribution in [0.25, 0.3) is 0 Å². The maximum Gasteiger partial charge on any atom is 0.217 e. The van der Waals surface area contributed by atoms with Crippen LogP contribution in [0, 0.1) is 0 Å². The fraction of sp³-hybridized carbons (Fsp3) is 0.889. The highest BCUT2D eigenvalue weighted by Gasteiger charge is 2.37. The third kappa shape index (κ3) is 1.33. The molecule has 0 aliphatic carbocycles. The number of fused-ring (bicyclic) bond motifs is 1. The van der Waals surface area contributed by atoms with E-state index in [4.69, 9.17) is 0 Å². The molecule has 0 unspecified atom stereocenters. The van der Waals surface area contributed by atoms with Gasteiger partial charge in [-0.1, -0.05) is 0 Å². The zero-order valence-corrected chi connectivity index (χ0v) is 7.55. The molecule has 0 aromatic carbocycles. The summed E-state index contributed by atoms with van der Waals surface area (Å²) in [4.78, 5) is 13.4. The van der Waals surface area contributed by atoms with Gasteiger partial charge in [-0.05, 0) is 25.8 Å². The molecule has 1 amide bonds. The van der Waals surface area contributed by atoms with E-state index in [1.807, 2.05) is 0 Å². The number of hydrogen-bond donors (Lipinski definition) is 1. The Hall–Kier alpha value is -0.570. The molecule has 2 aliphatic heterocycles. The Morgan fingerprint density at radius 2 is 2.25 bits per heavy atom. The molecule has 2 heterocycles. The van der Waals surface area contributed by atoms with Gasteiger partial charge in [0.2, 0.25) is 5.91 Å². The molecule has 2 aliphatic rings. The van der Waals surface area contributed by atoms with Crippen LogP contribution in [-0.2, 0) is 4.79 Å². The van der Waals surface area contributed by atoms with Crippen molar-refractivity contribution < 1.29 is 4.79 Å². The van der Waals surface area contributed by atoms with E-state index in [9.17, 15) is 4.79 Å². The quantitative estimate of drug-likeness (QED) is 0.613. The van der Waals surface area contributed by atoms with Crippen LogP contribution >= 0.6 is 0 Å². The third-order valence-corrected chi connectivity index (χ3v) is 2.99. The zero-order chi connectivity index (χ0) is 8.55. The first-order valence-electron chi connectivity index (χ1n) is 4.78. The van der Waals surface area contributed by atoms with Crippen LogP contribution in [0.1, 0.15) is 26.2 Å². The minimum absolute atomic E-state index is 0.119. The molecule has 12 heavy (non-hydrogen) atoms. The van der Waals surface area contributed by atoms with Gasteiger partial charge in [0, 0.05) is 25.6 Å². The summed E-state index contributed by atoms with van der Waals surface area (Å²) in [5, 5.41) is 3.03. The lowest BCUT2D eigenvalue weighted by Gasteiger charge is -2.20. The molecule has 0 aromatic heterocycles. The molecular weight excluding hydrogens is 152 g/mol. The highest BCUT2D eigenvalue weighted by atomic mass is 16.1. The zero-order valence-electron chi connectivity index (χ0n) is 7.55. The Bertz CT molecular complexity index is 193. The summed E-state index contributed by atoms with van der Waals surface area (Å²) in [6.07, 6.45) is 3.72. The highest BCUT2D eigenvalue weighted by molar-refractivity contribution is 5.73. The van der Waals surface area contributed by atoms with Gasteiger partial charge in [-0.15, -0.1) is 0 Å². The fourth-order valence-electron chi connectivity index (χ4n) is 2.51. The number of rotatable bonds is 1. The van der Waals surface area contributed by atoms with E-state index in [2.05, 4.69) is 10.2 Å². The average Bonchev–Trinajstić information content (AvgIpc) is 2.52. The van der Waals surface area contributed by atoms with Gasteiger partial charge in [0.05, 0.1) is 0 Å². The van der Waals surface area contributed by atoms with Crippen LogP contribution in [0.5, 0.6) is 0 Å². The van der Waals surface area contributed by atoms with Gasteiger partial charge in [-0.3, -0.25) is 9.69 Å². The van der Waals surface area contributed by atoms with Gasteiger partial charge in [-0.25, -0.2) is 0 Å². The minimum atomic E-state index is 0.119. The van der Waals surface area contributed by atoms with Crippen molar-refractivity contribution in [1.29, 1.82) is 0 Å². The van der Waals surface area contributed by atoms with Crippen LogP contribution in [0.3, 0.4) is 0 Å². The molecule has 2 saturated heterocycles. The smallest absolute Gasteiger partial charge is 0.217 e. The predicted octanol–water partition coefficient (Wildman–Crippen LogP) is 0.359. The maximum atomic E-state index is 10.9. The Kier molecular flexibility index (Phi) is 2.05. The van der Waals surface area contributed by atoms with Crippen molar-refractivity contribution in [3.05, 3.63) is 0 Å². The second-order valence-corrected chi connectivity index (χ2v) is 3.84. The molecule has 0 aromatic rings. The Morgan fingerprint density at radius 1 is 1.42 bits per heavy atom. The van der Waals surface area contributed by atoms with Crippen molar-refractivity contribution in [2.45, 2.75) is 38.3 Å². The summed E-state index contributed by atoms with van der Waals surface area (Å²) in [6.45, 7) is 4.02. The van der Waals surface area contributed by atoms with Gasteiger partial charge < -0.3 is 5.32 Å². The van der Waals surface area contributed by atoms with E-state index in [-0.39, 0.29) is 5.91 Å². The van der Waals surface area contributed by atoms with Gasteiger partial charge in [0.25, 0.3) is 0 Å². The second kappa shape index (κ2) is 3.05. The first-order valence-corrected chi connectivity index (χ1v) is 4.78. The Morgan fingerprint density at radius 3 is 3.00 bits per heavy atom. The molecule has 2 atom stereocenters. The van der Waals surface area contributed by atoms with Crippen LogP contribution in [0.2, 0.25) is 0 Å². The van der Waals surface area contributed by atoms with E-state index in [1.54, 1.807) is 6.92 Å². The van der Waals surface area contributed by atoms with Crippen LogP contribution in [-0.4, -0.2) is 36.0 Å². The van der Waals surface area contributed by atoms with Crippen LogP contribution in [0.4, 0.5) is 0 Å². The van der Waals surface area contributed by atoms with E-state index >= 15 is 0 Å². The van der Waals surface area contributed by atoms with Crippen molar-refractivity contribution in [3.63, 3.8) is 0 Å². The molecule has 0 bridgehead atoms. The lowest BCUT2D eigenvalue weighted by Crippen LogP contribution is -2.41. The number of carbonyl (C=O) groups is 1. The van der Waals surface area contributed by atoms with Crippen molar-refractivity contribution in [2.24, 2.45) is 0 Å². The van der Waals surface area contributed by atoms with Crippen molar-refractivity contribution in [2.75, 3.05) is 13.1 Å². The summed E-state index contributed by atoms with van der Waals surface area (Å²) < 4.78 is 0. The average molecular weight is 168 g/mol. The normalized spacial score (nSPS) is 35.1. The molecule has 3 nitrogen and oxygen atoms in total. The first kappa shape index (κ1) is 8.05. The Balaban J connectivity index is 1.95. The second-order valence-electron chi connectivity index (χ2n) is 3.84. The molecule has 1 N–H and O–H groups in total. The third-order valence-electron chi connectivity index (χ3n) is 2.99. The number of nitrogens with zero attached hydrogens (tertiary/aromatic N) is 1. The summed E-state index contributed by atoms with van der Waals surface area (Å²) in [7, 11) is 0. The van der Waals surface area contributed by atoms with Crippen LogP contribution in [0.15, 0.2) is 0 Å². The summed E-state index contributed by atoms with van der Waals surface area (Å²) in [5.74, 6) is 0.119. The van der Waals surface area contributed by atoms with E-state index < -0.39 is 0 Å². The lowest BCUT2D eigenvalue weighted by molar-refractivity contribution is -0.119.